The second-order valence-electron chi connectivity index (χ2n) is 5.16. The van der Waals surface area contributed by atoms with Gasteiger partial charge in [-0.2, -0.15) is 0 Å². The van der Waals surface area contributed by atoms with Gasteiger partial charge in [0.15, 0.2) is 0 Å². The van der Waals surface area contributed by atoms with Gasteiger partial charge in [-0.15, -0.1) is 23.2 Å². The van der Waals surface area contributed by atoms with E-state index in [1.54, 1.807) is 22.3 Å². The summed E-state index contributed by atoms with van der Waals surface area (Å²) >= 11 is 12.1. The van der Waals surface area contributed by atoms with Crippen molar-refractivity contribution in [2.45, 2.75) is 66.2 Å². The summed E-state index contributed by atoms with van der Waals surface area (Å²) in [5.41, 5.74) is 9.23. The Morgan fingerprint density at radius 1 is 0.500 bits per heavy atom. The highest BCUT2D eigenvalue weighted by atomic mass is 35.5. The van der Waals surface area contributed by atoms with Crippen LogP contribution >= 0.6 is 23.2 Å². The van der Waals surface area contributed by atoms with Crippen LogP contribution in [0.15, 0.2) is 0 Å². The zero-order valence-electron chi connectivity index (χ0n) is 13.4. The predicted molar refractivity (Wildman–Crippen MR) is 92.8 cm³/mol. The molecule has 20 heavy (non-hydrogen) atoms. The summed E-state index contributed by atoms with van der Waals surface area (Å²) in [7, 11) is 0. The Labute approximate surface area is 134 Å². The molecule has 0 aliphatic carbocycles. The molecule has 0 saturated carbocycles. The summed E-state index contributed by atoms with van der Waals surface area (Å²) in [5.74, 6) is 1.42. The molecule has 0 atom stereocenters. The molecule has 0 aliphatic rings. The second kappa shape index (κ2) is 8.95. The number of alkyl halides is 2. The smallest absolute Gasteiger partial charge is 0.0264 e. The molecule has 0 unspecified atom stereocenters. The lowest BCUT2D eigenvalue weighted by molar-refractivity contribution is 0.879. The molecule has 2 heteroatoms. The molecular formula is C18H28Cl2. The van der Waals surface area contributed by atoms with E-state index in [2.05, 4.69) is 27.7 Å². The van der Waals surface area contributed by atoms with Crippen LogP contribution in [0.4, 0.5) is 0 Å². The Bertz CT molecular complexity index is 362. The monoisotopic (exact) mass is 314 g/mol. The largest absolute Gasteiger partial charge is 0.126 e. The van der Waals surface area contributed by atoms with Gasteiger partial charge in [0.2, 0.25) is 0 Å². The third kappa shape index (κ3) is 3.52. The van der Waals surface area contributed by atoms with E-state index in [-0.39, 0.29) is 0 Å². The van der Waals surface area contributed by atoms with Crippen LogP contribution in [0.3, 0.4) is 0 Å². The van der Waals surface area contributed by atoms with Gasteiger partial charge in [-0.3, -0.25) is 0 Å². The lowest BCUT2D eigenvalue weighted by Crippen LogP contribution is -2.13. The lowest BCUT2D eigenvalue weighted by Gasteiger charge is -2.25. The third-order valence-electron chi connectivity index (χ3n) is 4.29. The van der Waals surface area contributed by atoms with Crippen molar-refractivity contribution in [3.8, 4) is 0 Å². The van der Waals surface area contributed by atoms with Crippen LogP contribution in [-0.2, 0) is 38.5 Å². The maximum atomic E-state index is 6.06. The SMILES string of the molecule is CCc1c(CC)c(CCCl)c(CC)c(CC)c1CCCl. The molecule has 0 saturated heterocycles. The van der Waals surface area contributed by atoms with E-state index in [4.69, 9.17) is 23.2 Å². The maximum Gasteiger partial charge on any atom is 0.0264 e. The van der Waals surface area contributed by atoms with Crippen LogP contribution in [0.25, 0.3) is 0 Å². The molecule has 0 radical (unpaired) electrons. The van der Waals surface area contributed by atoms with Crippen LogP contribution in [0, 0.1) is 0 Å². The number of hydrogen-bond donors (Lipinski definition) is 0. The average Bonchev–Trinajstić information content (AvgIpc) is 2.47. The first-order valence-electron chi connectivity index (χ1n) is 7.98. The molecule has 1 aromatic rings. The zero-order valence-corrected chi connectivity index (χ0v) is 14.9. The Kier molecular flexibility index (Phi) is 7.99. The molecule has 0 spiro atoms. The number of rotatable bonds is 8. The van der Waals surface area contributed by atoms with E-state index in [0.29, 0.717) is 11.8 Å². The van der Waals surface area contributed by atoms with Crippen LogP contribution in [0.2, 0.25) is 0 Å². The normalized spacial score (nSPS) is 11.1. The van der Waals surface area contributed by atoms with Gasteiger partial charge in [-0.05, 0) is 71.9 Å². The quantitative estimate of drug-likeness (QED) is 0.556. The summed E-state index contributed by atoms with van der Waals surface area (Å²) in [5, 5.41) is 0. The van der Waals surface area contributed by atoms with Crippen molar-refractivity contribution in [2.24, 2.45) is 0 Å². The fraction of sp³-hybridized carbons (Fsp3) is 0.667. The molecule has 0 fully saturated rings. The molecule has 1 aromatic carbocycles. The lowest BCUT2D eigenvalue weighted by atomic mass is 9.81. The van der Waals surface area contributed by atoms with E-state index in [1.807, 2.05) is 0 Å². The van der Waals surface area contributed by atoms with E-state index < -0.39 is 0 Å². The molecule has 0 heterocycles. The first-order chi connectivity index (χ1) is 9.69. The van der Waals surface area contributed by atoms with E-state index in [0.717, 1.165) is 38.5 Å². The molecule has 0 aromatic heterocycles. The summed E-state index contributed by atoms with van der Waals surface area (Å²) in [6.07, 6.45) is 6.39. The third-order valence-corrected chi connectivity index (χ3v) is 4.67. The van der Waals surface area contributed by atoms with Gasteiger partial charge in [-0.1, -0.05) is 27.7 Å². The van der Waals surface area contributed by atoms with Crippen molar-refractivity contribution >= 4 is 23.2 Å². The molecule has 0 bridgehead atoms. The van der Waals surface area contributed by atoms with Gasteiger partial charge in [0, 0.05) is 11.8 Å². The summed E-state index contributed by atoms with van der Waals surface area (Å²) < 4.78 is 0. The highest BCUT2D eigenvalue weighted by Crippen LogP contribution is 2.32. The van der Waals surface area contributed by atoms with Gasteiger partial charge in [-0.25, -0.2) is 0 Å². The fourth-order valence-corrected chi connectivity index (χ4v) is 3.97. The van der Waals surface area contributed by atoms with Crippen molar-refractivity contribution in [1.29, 1.82) is 0 Å². The summed E-state index contributed by atoms with van der Waals surface area (Å²) in [6, 6.07) is 0. The Balaban J connectivity index is 3.67. The molecule has 114 valence electrons. The predicted octanol–water partition coefficient (Wildman–Crippen LogP) is 5.50. The standard InChI is InChI=1S/C18H28Cl2/c1-5-13-14(6-2)18(10-12-20)16(8-4)15(7-3)17(13)9-11-19/h5-12H2,1-4H3. The minimum atomic E-state index is 0.709. The highest BCUT2D eigenvalue weighted by molar-refractivity contribution is 6.18. The minimum Gasteiger partial charge on any atom is -0.126 e. The molecule has 0 nitrogen and oxygen atoms in total. The Morgan fingerprint density at radius 2 is 0.750 bits per heavy atom. The van der Waals surface area contributed by atoms with Gasteiger partial charge in [0.1, 0.15) is 0 Å². The van der Waals surface area contributed by atoms with Gasteiger partial charge < -0.3 is 0 Å². The van der Waals surface area contributed by atoms with Crippen molar-refractivity contribution in [3.63, 3.8) is 0 Å². The van der Waals surface area contributed by atoms with Crippen molar-refractivity contribution in [2.75, 3.05) is 11.8 Å². The van der Waals surface area contributed by atoms with Crippen LogP contribution in [0.1, 0.15) is 61.1 Å². The molecule has 1 rings (SSSR count). The van der Waals surface area contributed by atoms with Crippen LogP contribution in [-0.4, -0.2) is 11.8 Å². The molecule has 0 amide bonds. The van der Waals surface area contributed by atoms with Crippen molar-refractivity contribution in [1.82, 2.24) is 0 Å². The van der Waals surface area contributed by atoms with Crippen molar-refractivity contribution in [3.05, 3.63) is 33.4 Å². The second-order valence-corrected chi connectivity index (χ2v) is 5.92. The Morgan fingerprint density at radius 3 is 0.900 bits per heavy atom. The van der Waals surface area contributed by atoms with E-state index in [9.17, 15) is 0 Å². The fourth-order valence-electron chi connectivity index (χ4n) is 3.59. The maximum absolute atomic E-state index is 6.06. The van der Waals surface area contributed by atoms with Gasteiger partial charge in [0.05, 0.1) is 0 Å². The molecule has 0 N–H and O–H groups in total. The summed E-state index contributed by atoms with van der Waals surface area (Å²) in [6.45, 7) is 9.06. The zero-order chi connectivity index (χ0) is 15.1. The minimum absolute atomic E-state index is 0.709. The highest BCUT2D eigenvalue weighted by Gasteiger charge is 2.19. The van der Waals surface area contributed by atoms with Crippen LogP contribution < -0.4 is 0 Å². The molecular weight excluding hydrogens is 287 g/mol. The van der Waals surface area contributed by atoms with Gasteiger partial charge >= 0.3 is 0 Å². The van der Waals surface area contributed by atoms with E-state index >= 15 is 0 Å². The van der Waals surface area contributed by atoms with Crippen LogP contribution in [0.5, 0.6) is 0 Å². The topological polar surface area (TPSA) is 0 Å². The van der Waals surface area contributed by atoms with E-state index in [1.165, 1.54) is 11.1 Å². The molecule has 0 aliphatic heterocycles. The van der Waals surface area contributed by atoms with Gasteiger partial charge in [0.25, 0.3) is 0 Å². The first kappa shape index (κ1) is 17.9. The summed E-state index contributed by atoms with van der Waals surface area (Å²) in [4.78, 5) is 0. The Hall–Kier alpha value is -0.200. The number of halogens is 2. The van der Waals surface area contributed by atoms with Crippen molar-refractivity contribution < 1.29 is 0 Å². The number of hydrogen-bond acceptors (Lipinski definition) is 0. The number of benzene rings is 1. The average molecular weight is 315 g/mol. The first-order valence-corrected chi connectivity index (χ1v) is 9.05.